The van der Waals surface area contributed by atoms with Gasteiger partial charge in [0.15, 0.2) is 0 Å². The standard InChI is InChI=1S/C24H28N2O2S/c1-4-18-15-24(3)16-25(29(27,28)19-11-9-17(2)10-12-19)13-14-26-21-8-6-5-7-20(21)22(18)23(24)26/h5-12,15,22-23H,4,13-14,16H2,1-3H3/t22?,23?,24-/m0/s1. The summed E-state index contributed by atoms with van der Waals surface area (Å²) in [5.74, 6) is 0.378. The lowest BCUT2D eigenvalue weighted by molar-refractivity contribution is 0.287. The van der Waals surface area contributed by atoms with Gasteiger partial charge < -0.3 is 4.90 Å². The quantitative estimate of drug-likeness (QED) is 0.710. The summed E-state index contributed by atoms with van der Waals surface area (Å²) < 4.78 is 28.7. The van der Waals surface area contributed by atoms with Crippen molar-refractivity contribution in [2.24, 2.45) is 5.41 Å². The van der Waals surface area contributed by atoms with Crippen molar-refractivity contribution < 1.29 is 8.42 Å². The Hall–Kier alpha value is -2.11. The number of hydrogen-bond donors (Lipinski definition) is 0. The Morgan fingerprint density at radius 3 is 2.52 bits per heavy atom. The van der Waals surface area contributed by atoms with E-state index >= 15 is 0 Å². The third-order valence-corrected chi connectivity index (χ3v) is 8.86. The van der Waals surface area contributed by atoms with Gasteiger partial charge in [0.1, 0.15) is 0 Å². The van der Waals surface area contributed by atoms with Crippen molar-refractivity contribution in [3.8, 4) is 0 Å². The predicted octanol–water partition coefficient (Wildman–Crippen LogP) is 4.33. The van der Waals surface area contributed by atoms with E-state index < -0.39 is 10.0 Å². The van der Waals surface area contributed by atoms with E-state index in [1.54, 1.807) is 16.4 Å². The van der Waals surface area contributed by atoms with Crippen LogP contribution in [0, 0.1) is 12.3 Å². The first kappa shape index (κ1) is 18.9. The second kappa shape index (κ2) is 6.44. The molecule has 3 atom stereocenters. The van der Waals surface area contributed by atoms with Crippen molar-refractivity contribution in [3.05, 3.63) is 71.3 Å². The average molecular weight is 409 g/mol. The lowest BCUT2D eigenvalue weighted by Gasteiger charge is -2.36. The molecule has 1 fully saturated rings. The number of benzene rings is 2. The van der Waals surface area contributed by atoms with E-state index in [0.717, 1.165) is 18.5 Å². The van der Waals surface area contributed by atoms with E-state index in [-0.39, 0.29) is 5.41 Å². The normalized spacial score (nSPS) is 28.7. The van der Waals surface area contributed by atoms with Crippen molar-refractivity contribution in [3.63, 3.8) is 0 Å². The van der Waals surface area contributed by atoms with Gasteiger partial charge in [-0.3, -0.25) is 0 Å². The van der Waals surface area contributed by atoms with Gasteiger partial charge in [0.25, 0.3) is 0 Å². The average Bonchev–Trinajstić information content (AvgIpc) is 3.13. The molecule has 2 heterocycles. The maximum atomic E-state index is 13.5. The summed E-state index contributed by atoms with van der Waals surface area (Å²) in [7, 11) is -3.52. The maximum absolute atomic E-state index is 13.5. The number of aryl methyl sites for hydroxylation is 1. The number of anilines is 1. The third-order valence-electron chi connectivity index (χ3n) is 7.00. The number of fused-ring (bicyclic) bond motifs is 3. The second-order valence-corrected chi connectivity index (χ2v) is 10.8. The molecular weight excluding hydrogens is 380 g/mol. The van der Waals surface area contributed by atoms with E-state index in [2.05, 4.69) is 49.1 Å². The zero-order chi connectivity index (χ0) is 20.4. The molecule has 29 heavy (non-hydrogen) atoms. The van der Waals surface area contributed by atoms with Crippen LogP contribution in [-0.4, -0.2) is 38.4 Å². The molecule has 1 saturated heterocycles. The molecule has 0 N–H and O–H groups in total. The number of rotatable bonds is 3. The fourth-order valence-corrected chi connectivity index (χ4v) is 7.26. The van der Waals surface area contributed by atoms with Crippen LogP contribution < -0.4 is 4.90 Å². The zero-order valence-electron chi connectivity index (χ0n) is 17.3. The Bertz CT molecular complexity index is 1090. The minimum Gasteiger partial charge on any atom is -0.365 e. The molecule has 5 heteroatoms. The molecule has 0 saturated carbocycles. The maximum Gasteiger partial charge on any atom is 0.243 e. The van der Waals surface area contributed by atoms with Gasteiger partial charge in [-0.05, 0) is 37.1 Å². The lowest BCUT2D eigenvalue weighted by atomic mass is 9.81. The summed E-state index contributed by atoms with van der Waals surface area (Å²) in [5.41, 5.74) is 5.00. The number of sulfonamides is 1. The van der Waals surface area contributed by atoms with Gasteiger partial charge in [-0.25, -0.2) is 8.42 Å². The molecule has 0 amide bonds. The first-order valence-corrected chi connectivity index (χ1v) is 11.9. The minimum absolute atomic E-state index is 0.205. The molecule has 2 aromatic carbocycles. The zero-order valence-corrected chi connectivity index (χ0v) is 18.1. The molecule has 4 nitrogen and oxygen atoms in total. The molecule has 0 radical (unpaired) electrons. The smallest absolute Gasteiger partial charge is 0.243 e. The van der Waals surface area contributed by atoms with Crippen LogP contribution in [0.3, 0.4) is 0 Å². The Labute approximate surface area is 173 Å². The monoisotopic (exact) mass is 408 g/mol. The summed E-state index contributed by atoms with van der Waals surface area (Å²) in [6.07, 6.45) is 3.39. The van der Waals surface area contributed by atoms with Gasteiger partial charge in [-0.1, -0.05) is 61.4 Å². The first-order chi connectivity index (χ1) is 13.8. The minimum atomic E-state index is -3.52. The molecule has 152 valence electrons. The fraction of sp³-hybridized carbons (Fsp3) is 0.417. The largest absolute Gasteiger partial charge is 0.365 e. The van der Waals surface area contributed by atoms with Gasteiger partial charge >= 0.3 is 0 Å². The highest BCUT2D eigenvalue weighted by Crippen LogP contribution is 2.57. The Morgan fingerprint density at radius 1 is 1.07 bits per heavy atom. The molecule has 1 aliphatic carbocycles. The van der Waals surface area contributed by atoms with Crippen molar-refractivity contribution >= 4 is 15.7 Å². The molecule has 2 aromatic rings. The van der Waals surface area contributed by atoms with Crippen LogP contribution in [0.2, 0.25) is 0 Å². The number of nitrogens with zero attached hydrogens (tertiary/aromatic N) is 2. The van der Waals surface area contributed by atoms with Crippen LogP contribution >= 0.6 is 0 Å². The van der Waals surface area contributed by atoms with Gasteiger partial charge in [0.2, 0.25) is 10.0 Å². The summed E-state index contributed by atoms with van der Waals surface area (Å²) in [5, 5.41) is 0. The molecule has 5 rings (SSSR count). The highest BCUT2D eigenvalue weighted by molar-refractivity contribution is 7.89. The van der Waals surface area contributed by atoms with Crippen molar-refractivity contribution in [1.82, 2.24) is 4.31 Å². The van der Waals surface area contributed by atoms with Crippen LogP contribution in [-0.2, 0) is 10.0 Å². The molecule has 3 aliphatic rings. The van der Waals surface area contributed by atoms with Crippen LogP contribution in [0.4, 0.5) is 5.69 Å². The third kappa shape index (κ3) is 2.71. The van der Waals surface area contributed by atoms with Gasteiger partial charge in [0, 0.05) is 42.7 Å². The molecule has 2 aliphatic heterocycles. The fourth-order valence-electron chi connectivity index (χ4n) is 5.71. The Balaban J connectivity index is 1.58. The van der Waals surface area contributed by atoms with E-state index in [1.807, 2.05) is 19.1 Å². The van der Waals surface area contributed by atoms with Crippen LogP contribution in [0.15, 0.2) is 65.1 Å². The highest BCUT2D eigenvalue weighted by atomic mass is 32.2. The van der Waals surface area contributed by atoms with Crippen LogP contribution in [0.5, 0.6) is 0 Å². The van der Waals surface area contributed by atoms with Crippen LogP contribution in [0.25, 0.3) is 0 Å². The number of hydrogen-bond acceptors (Lipinski definition) is 3. The second-order valence-electron chi connectivity index (χ2n) is 8.90. The summed E-state index contributed by atoms with van der Waals surface area (Å²) in [4.78, 5) is 2.87. The predicted molar refractivity (Wildman–Crippen MR) is 117 cm³/mol. The van der Waals surface area contributed by atoms with E-state index in [4.69, 9.17) is 0 Å². The molecule has 2 unspecified atom stereocenters. The molecular formula is C24H28N2O2S. The number of para-hydroxylation sites is 1. The topological polar surface area (TPSA) is 40.6 Å². The Morgan fingerprint density at radius 2 is 1.79 bits per heavy atom. The van der Waals surface area contributed by atoms with Crippen LogP contribution in [0.1, 0.15) is 37.3 Å². The van der Waals surface area contributed by atoms with Gasteiger partial charge in [0.05, 0.1) is 4.90 Å². The van der Waals surface area contributed by atoms with E-state index in [0.29, 0.717) is 29.9 Å². The molecule has 0 aromatic heterocycles. The van der Waals surface area contributed by atoms with Crippen molar-refractivity contribution in [2.75, 3.05) is 24.5 Å². The van der Waals surface area contributed by atoms with Gasteiger partial charge in [-0.15, -0.1) is 0 Å². The van der Waals surface area contributed by atoms with Crippen molar-refractivity contribution in [1.29, 1.82) is 0 Å². The summed E-state index contributed by atoms with van der Waals surface area (Å²) >= 11 is 0. The van der Waals surface area contributed by atoms with E-state index in [9.17, 15) is 8.42 Å². The SMILES string of the molecule is CCC1=C[C@@]2(C)CN(S(=O)(=O)c3ccc(C)cc3)CCN3c4ccccc4C1C32. The molecule has 0 spiro atoms. The summed E-state index contributed by atoms with van der Waals surface area (Å²) in [6.45, 7) is 8.20. The van der Waals surface area contributed by atoms with E-state index in [1.165, 1.54) is 16.8 Å². The van der Waals surface area contributed by atoms with Gasteiger partial charge in [-0.2, -0.15) is 4.31 Å². The van der Waals surface area contributed by atoms with Crippen molar-refractivity contribution in [2.45, 2.75) is 44.0 Å². The Kier molecular flexibility index (Phi) is 4.20. The first-order valence-electron chi connectivity index (χ1n) is 10.5. The highest BCUT2D eigenvalue weighted by Gasteiger charge is 2.55. The summed E-state index contributed by atoms with van der Waals surface area (Å²) in [6, 6.07) is 16.2. The molecule has 0 bridgehead atoms. The lowest BCUT2D eigenvalue weighted by Crippen LogP contribution is -2.45.